The molecule has 1 saturated carbocycles. The van der Waals surface area contributed by atoms with Gasteiger partial charge in [0.2, 0.25) is 0 Å². The molecule has 1 aromatic rings. The molecular weight excluding hydrogens is 244 g/mol. The van der Waals surface area contributed by atoms with Crippen molar-refractivity contribution in [3.05, 3.63) is 29.8 Å². The van der Waals surface area contributed by atoms with Crippen LogP contribution in [0.3, 0.4) is 0 Å². The summed E-state index contributed by atoms with van der Waals surface area (Å²) in [6, 6.07) is 8.48. The van der Waals surface area contributed by atoms with Crippen LogP contribution in [0.1, 0.15) is 38.2 Å². The summed E-state index contributed by atoms with van der Waals surface area (Å²) in [5.41, 5.74) is 1.37. The molecule has 1 fully saturated rings. The maximum absolute atomic E-state index is 5.90. The van der Waals surface area contributed by atoms with Crippen LogP contribution >= 0.6 is 11.6 Å². The largest absolute Gasteiger partial charge is 0.493 e. The molecular formula is C16H23ClO. The molecule has 0 saturated heterocycles. The fourth-order valence-electron chi connectivity index (χ4n) is 2.59. The van der Waals surface area contributed by atoms with Crippen molar-refractivity contribution in [1.82, 2.24) is 0 Å². The molecule has 0 N–H and O–H groups in total. The minimum absolute atomic E-state index is 0.718. The maximum Gasteiger partial charge on any atom is 0.119 e. The average Bonchev–Trinajstić information content (AvgIpc) is 2.46. The second-order valence-corrected chi connectivity index (χ2v) is 5.66. The molecule has 1 aliphatic rings. The number of hydrogen-bond donors (Lipinski definition) is 0. The van der Waals surface area contributed by atoms with Gasteiger partial charge in [0, 0.05) is 5.88 Å². The number of ether oxygens (including phenoxy) is 1. The Morgan fingerprint density at radius 2 is 1.67 bits per heavy atom. The number of halogens is 1. The first-order valence-corrected chi connectivity index (χ1v) is 7.63. The van der Waals surface area contributed by atoms with Gasteiger partial charge in [-0.1, -0.05) is 19.1 Å². The summed E-state index contributed by atoms with van der Waals surface area (Å²) >= 11 is 5.90. The third kappa shape index (κ3) is 3.91. The van der Waals surface area contributed by atoms with E-state index >= 15 is 0 Å². The number of rotatable bonds is 5. The molecule has 18 heavy (non-hydrogen) atoms. The third-order valence-electron chi connectivity index (χ3n) is 4.00. The van der Waals surface area contributed by atoms with E-state index in [1.165, 1.54) is 31.2 Å². The molecule has 0 atom stereocenters. The predicted molar refractivity (Wildman–Crippen MR) is 77.5 cm³/mol. The number of alkyl halides is 1. The topological polar surface area (TPSA) is 9.23 Å². The lowest BCUT2D eigenvalue weighted by Crippen LogP contribution is -2.20. The molecule has 0 spiro atoms. The van der Waals surface area contributed by atoms with Gasteiger partial charge < -0.3 is 4.74 Å². The molecule has 1 aromatic carbocycles. The van der Waals surface area contributed by atoms with Crippen molar-refractivity contribution in [1.29, 1.82) is 0 Å². The fourth-order valence-corrected chi connectivity index (χ4v) is 2.90. The number of aryl methyl sites for hydroxylation is 1. The first-order valence-electron chi connectivity index (χ1n) is 7.09. The predicted octanol–water partition coefficient (Wildman–Crippen LogP) is 4.67. The zero-order valence-electron chi connectivity index (χ0n) is 11.2. The van der Waals surface area contributed by atoms with Crippen molar-refractivity contribution < 1.29 is 4.74 Å². The van der Waals surface area contributed by atoms with E-state index in [9.17, 15) is 0 Å². The summed E-state index contributed by atoms with van der Waals surface area (Å²) in [5.74, 6) is 3.29. The molecule has 2 rings (SSSR count). The van der Waals surface area contributed by atoms with Gasteiger partial charge in [0.15, 0.2) is 0 Å². The van der Waals surface area contributed by atoms with Crippen LogP contribution in [0.4, 0.5) is 0 Å². The van der Waals surface area contributed by atoms with Gasteiger partial charge in [-0.05, 0) is 61.6 Å². The Balaban J connectivity index is 1.74. The Morgan fingerprint density at radius 1 is 1.06 bits per heavy atom. The molecule has 0 unspecified atom stereocenters. The van der Waals surface area contributed by atoms with Crippen LogP contribution in [0.15, 0.2) is 24.3 Å². The summed E-state index contributed by atoms with van der Waals surface area (Å²) in [7, 11) is 0. The van der Waals surface area contributed by atoms with E-state index < -0.39 is 0 Å². The first kappa shape index (κ1) is 13.7. The second-order valence-electron chi connectivity index (χ2n) is 5.35. The molecule has 0 heterocycles. The Kier molecular flexibility index (Phi) is 5.37. The summed E-state index contributed by atoms with van der Waals surface area (Å²) in [6.45, 7) is 3.03. The van der Waals surface area contributed by atoms with Crippen molar-refractivity contribution in [2.45, 2.75) is 39.0 Å². The molecule has 1 aliphatic carbocycles. The normalized spacial score (nSPS) is 23.9. The van der Waals surface area contributed by atoms with Crippen molar-refractivity contribution in [3.8, 4) is 5.75 Å². The lowest BCUT2D eigenvalue weighted by molar-refractivity contribution is 0.189. The highest BCUT2D eigenvalue weighted by atomic mass is 35.5. The average molecular weight is 267 g/mol. The van der Waals surface area contributed by atoms with Crippen LogP contribution < -0.4 is 4.74 Å². The summed E-state index contributed by atoms with van der Waals surface area (Å²) in [6.07, 6.45) is 6.16. The lowest BCUT2D eigenvalue weighted by Gasteiger charge is -2.27. The van der Waals surface area contributed by atoms with E-state index in [0.29, 0.717) is 0 Å². The van der Waals surface area contributed by atoms with Gasteiger partial charge in [0.05, 0.1) is 6.61 Å². The van der Waals surface area contributed by atoms with Gasteiger partial charge in [-0.15, -0.1) is 11.6 Å². The van der Waals surface area contributed by atoms with Crippen LogP contribution in [0, 0.1) is 11.8 Å². The van der Waals surface area contributed by atoms with Crippen molar-refractivity contribution in [3.63, 3.8) is 0 Å². The van der Waals surface area contributed by atoms with E-state index in [1.54, 1.807) is 0 Å². The SMILES string of the molecule is CCc1ccc(OCC2CCC(CCl)CC2)cc1. The molecule has 2 heteroatoms. The highest BCUT2D eigenvalue weighted by Gasteiger charge is 2.20. The molecule has 0 bridgehead atoms. The molecule has 0 amide bonds. The number of benzene rings is 1. The molecule has 0 aromatic heterocycles. The van der Waals surface area contributed by atoms with Crippen molar-refractivity contribution in [2.24, 2.45) is 11.8 Å². The number of hydrogen-bond acceptors (Lipinski definition) is 1. The Morgan fingerprint density at radius 3 is 2.22 bits per heavy atom. The van der Waals surface area contributed by atoms with Crippen LogP contribution in [0.2, 0.25) is 0 Å². The van der Waals surface area contributed by atoms with E-state index in [4.69, 9.17) is 16.3 Å². The summed E-state index contributed by atoms with van der Waals surface area (Å²) in [5, 5.41) is 0. The van der Waals surface area contributed by atoms with E-state index in [2.05, 4.69) is 31.2 Å². The van der Waals surface area contributed by atoms with Crippen LogP contribution in [0.25, 0.3) is 0 Å². The smallest absolute Gasteiger partial charge is 0.119 e. The molecule has 0 aliphatic heterocycles. The highest BCUT2D eigenvalue weighted by molar-refractivity contribution is 6.18. The van der Waals surface area contributed by atoms with Crippen LogP contribution in [-0.4, -0.2) is 12.5 Å². The molecule has 1 nitrogen and oxygen atoms in total. The Bertz CT molecular complexity index is 339. The minimum atomic E-state index is 0.718. The first-order chi connectivity index (χ1) is 8.81. The Hall–Kier alpha value is -0.690. The Labute approximate surface area is 115 Å². The third-order valence-corrected chi connectivity index (χ3v) is 4.44. The standard InChI is InChI=1S/C16H23ClO/c1-2-13-7-9-16(10-8-13)18-12-15-5-3-14(11-17)4-6-15/h7-10,14-15H,2-6,11-12H2,1H3. The van der Waals surface area contributed by atoms with Gasteiger partial charge in [-0.25, -0.2) is 0 Å². The zero-order chi connectivity index (χ0) is 12.8. The van der Waals surface area contributed by atoms with E-state index in [-0.39, 0.29) is 0 Å². The van der Waals surface area contributed by atoms with Gasteiger partial charge in [-0.2, -0.15) is 0 Å². The lowest BCUT2D eigenvalue weighted by atomic mass is 9.83. The van der Waals surface area contributed by atoms with Crippen LogP contribution in [-0.2, 0) is 6.42 Å². The monoisotopic (exact) mass is 266 g/mol. The fraction of sp³-hybridized carbons (Fsp3) is 0.625. The highest BCUT2D eigenvalue weighted by Crippen LogP contribution is 2.29. The summed E-state index contributed by atoms with van der Waals surface area (Å²) < 4.78 is 5.88. The molecule has 100 valence electrons. The quantitative estimate of drug-likeness (QED) is 0.704. The maximum atomic E-state index is 5.90. The summed E-state index contributed by atoms with van der Waals surface area (Å²) in [4.78, 5) is 0. The van der Waals surface area contributed by atoms with Crippen molar-refractivity contribution >= 4 is 11.6 Å². The second kappa shape index (κ2) is 7.04. The van der Waals surface area contributed by atoms with Crippen LogP contribution in [0.5, 0.6) is 5.75 Å². The van der Waals surface area contributed by atoms with Gasteiger partial charge >= 0.3 is 0 Å². The zero-order valence-corrected chi connectivity index (χ0v) is 12.0. The van der Waals surface area contributed by atoms with E-state index in [0.717, 1.165) is 36.5 Å². The van der Waals surface area contributed by atoms with Gasteiger partial charge in [0.1, 0.15) is 5.75 Å². The molecule has 0 radical (unpaired) electrons. The van der Waals surface area contributed by atoms with Gasteiger partial charge in [-0.3, -0.25) is 0 Å². The van der Waals surface area contributed by atoms with E-state index in [1.807, 2.05) is 0 Å². The minimum Gasteiger partial charge on any atom is -0.493 e. The van der Waals surface area contributed by atoms with Gasteiger partial charge in [0.25, 0.3) is 0 Å². The van der Waals surface area contributed by atoms with Crippen molar-refractivity contribution in [2.75, 3.05) is 12.5 Å².